The van der Waals surface area contributed by atoms with E-state index in [1.807, 2.05) is 18.2 Å². The Morgan fingerprint density at radius 3 is 2.40 bits per heavy atom. The van der Waals surface area contributed by atoms with Crippen molar-refractivity contribution in [1.82, 2.24) is 4.90 Å². The molecule has 0 aliphatic heterocycles. The smallest absolute Gasteiger partial charge is 0.265 e. The van der Waals surface area contributed by atoms with Crippen molar-refractivity contribution < 1.29 is 9.53 Å². The van der Waals surface area contributed by atoms with Gasteiger partial charge in [-0.15, -0.1) is 0 Å². The summed E-state index contributed by atoms with van der Waals surface area (Å²) in [5.74, 6) is -0.175. The molecule has 0 aliphatic rings. The molecule has 0 fully saturated rings. The number of benzene rings is 1. The zero-order chi connectivity index (χ0) is 15.0. The molecule has 0 aliphatic carbocycles. The first-order valence-electron chi connectivity index (χ1n) is 5.82. The van der Waals surface area contributed by atoms with Crippen LogP contribution in [0.5, 0.6) is 5.75 Å². The summed E-state index contributed by atoms with van der Waals surface area (Å²) >= 11 is 0. The molecule has 1 amide bonds. The van der Waals surface area contributed by atoms with Crippen molar-refractivity contribution in [2.75, 3.05) is 13.1 Å². The van der Waals surface area contributed by atoms with Crippen molar-refractivity contribution in [1.29, 1.82) is 15.8 Å². The van der Waals surface area contributed by atoms with E-state index in [4.69, 9.17) is 20.5 Å². The quantitative estimate of drug-likeness (QED) is 0.747. The molecule has 0 unspecified atom stereocenters. The summed E-state index contributed by atoms with van der Waals surface area (Å²) in [5, 5.41) is 26.2. The van der Waals surface area contributed by atoms with Gasteiger partial charge in [-0.05, 0) is 19.1 Å². The van der Waals surface area contributed by atoms with Gasteiger partial charge in [0.25, 0.3) is 5.91 Å². The summed E-state index contributed by atoms with van der Waals surface area (Å²) in [4.78, 5) is 13.1. The van der Waals surface area contributed by atoms with E-state index in [1.165, 1.54) is 6.92 Å². The first-order valence-corrected chi connectivity index (χ1v) is 5.82. The number of nitrogens with zero attached hydrogens (tertiary/aromatic N) is 4. The Balaban J connectivity index is 2.83. The predicted octanol–water partition coefficient (Wildman–Crippen LogP) is 1.20. The van der Waals surface area contributed by atoms with Crippen LogP contribution in [0.4, 0.5) is 0 Å². The largest absolute Gasteiger partial charge is 0.480 e. The molecule has 20 heavy (non-hydrogen) atoms. The summed E-state index contributed by atoms with van der Waals surface area (Å²) < 4.78 is 5.44. The monoisotopic (exact) mass is 268 g/mol. The second-order valence-electron chi connectivity index (χ2n) is 3.88. The molecule has 6 heteroatoms. The molecule has 1 aromatic rings. The van der Waals surface area contributed by atoms with Crippen LogP contribution >= 0.6 is 0 Å². The Hall–Kier alpha value is -3.04. The lowest BCUT2D eigenvalue weighted by Gasteiger charge is -2.21. The van der Waals surface area contributed by atoms with Crippen LogP contribution in [0.25, 0.3) is 0 Å². The van der Waals surface area contributed by atoms with Crippen LogP contribution in [-0.2, 0) is 4.79 Å². The number of para-hydroxylation sites is 1. The van der Waals surface area contributed by atoms with E-state index >= 15 is 0 Å². The highest BCUT2D eigenvalue weighted by Crippen LogP contribution is 2.18. The molecular formula is C14H12N4O2. The van der Waals surface area contributed by atoms with Crippen molar-refractivity contribution in [3.05, 3.63) is 29.8 Å². The minimum Gasteiger partial charge on any atom is -0.480 e. The molecule has 0 saturated carbocycles. The Morgan fingerprint density at radius 2 is 1.85 bits per heavy atom. The van der Waals surface area contributed by atoms with Gasteiger partial charge < -0.3 is 9.64 Å². The van der Waals surface area contributed by atoms with Gasteiger partial charge in [-0.1, -0.05) is 12.1 Å². The number of hydrogen-bond donors (Lipinski definition) is 0. The number of nitriles is 3. The lowest BCUT2D eigenvalue weighted by Crippen LogP contribution is -2.41. The zero-order valence-electron chi connectivity index (χ0n) is 10.9. The van der Waals surface area contributed by atoms with E-state index < -0.39 is 12.0 Å². The van der Waals surface area contributed by atoms with Crippen LogP contribution in [0, 0.1) is 34.0 Å². The number of carbonyl (C=O) groups is 1. The van der Waals surface area contributed by atoms with Crippen LogP contribution in [0.1, 0.15) is 12.5 Å². The highest BCUT2D eigenvalue weighted by atomic mass is 16.5. The Kier molecular flexibility index (Phi) is 5.56. The second-order valence-corrected chi connectivity index (χ2v) is 3.88. The lowest BCUT2D eigenvalue weighted by atomic mass is 10.2. The second kappa shape index (κ2) is 7.41. The molecule has 1 atom stereocenters. The third-order valence-corrected chi connectivity index (χ3v) is 2.49. The average Bonchev–Trinajstić information content (AvgIpc) is 2.46. The van der Waals surface area contributed by atoms with Gasteiger partial charge in [-0.3, -0.25) is 4.79 Å². The first kappa shape index (κ1) is 15.0. The summed E-state index contributed by atoms with van der Waals surface area (Å²) in [5.41, 5.74) is 0.319. The standard InChI is InChI=1S/C14H12N4O2/c1-11(14(19)18(8-6-15)9-7-16)20-13-5-3-2-4-12(13)10-17/h2-5,11H,8-9H2,1H3/t11-/m0/s1. The summed E-state index contributed by atoms with van der Waals surface area (Å²) in [7, 11) is 0. The van der Waals surface area contributed by atoms with Crippen LogP contribution < -0.4 is 4.74 Å². The molecule has 0 spiro atoms. The van der Waals surface area contributed by atoms with Gasteiger partial charge in [0.15, 0.2) is 6.10 Å². The minimum atomic E-state index is -0.883. The van der Waals surface area contributed by atoms with Crippen molar-refractivity contribution in [2.45, 2.75) is 13.0 Å². The van der Waals surface area contributed by atoms with Crippen LogP contribution in [0.2, 0.25) is 0 Å². The Labute approximate surface area is 117 Å². The van der Waals surface area contributed by atoms with Gasteiger partial charge in [0.1, 0.15) is 24.9 Å². The van der Waals surface area contributed by atoms with Gasteiger partial charge in [0, 0.05) is 0 Å². The number of carbonyl (C=O) groups excluding carboxylic acids is 1. The highest BCUT2D eigenvalue weighted by Gasteiger charge is 2.22. The van der Waals surface area contributed by atoms with Crippen molar-refractivity contribution >= 4 is 5.91 Å². The third kappa shape index (κ3) is 3.73. The molecule has 1 rings (SSSR count). The van der Waals surface area contributed by atoms with Crippen molar-refractivity contribution in [2.24, 2.45) is 0 Å². The minimum absolute atomic E-state index is 0.181. The van der Waals surface area contributed by atoms with E-state index in [0.717, 1.165) is 4.90 Å². The average molecular weight is 268 g/mol. The molecule has 0 bridgehead atoms. The molecule has 100 valence electrons. The van der Waals surface area contributed by atoms with Crippen LogP contribution in [0.3, 0.4) is 0 Å². The molecule has 6 nitrogen and oxygen atoms in total. The normalized spacial score (nSPS) is 10.5. The van der Waals surface area contributed by atoms with E-state index in [2.05, 4.69) is 0 Å². The van der Waals surface area contributed by atoms with E-state index in [1.54, 1.807) is 24.3 Å². The van der Waals surface area contributed by atoms with Crippen LogP contribution in [0.15, 0.2) is 24.3 Å². The van der Waals surface area contributed by atoms with E-state index in [-0.39, 0.29) is 13.1 Å². The lowest BCUT2D eigenvalue weighted by molar-refractivity contribution is -0.136. The number of ether oxygens (including phenoxy) is 1. The number of amides is 1. The number of rotatable bonds is 5. The third-order valence-electron chi connectivity index (χ3n) is 2.49. The van der Waals surface area contributed by atoms with E-state index in [0.29, 0.717) is 11.3 Å². The predicted molar refractivity (Wildman–Crippen MR) is 69.1 cm³/mol. The van der Waals surface area contributed by atoms with Crippen molar-refractivity contribution in [3.8, 4) is 24.0 Å². The Morgan fingerprint density at radius 1 is 1.25 bits per heavy atom. The van der Waals surface area contributed by atoms with Gasteiger partial charge in [-0.2, -0.15) is 15.8 Å². The van der Waals surface area contributed by atoms with Gasteiger partial charge in [-0.25, -0.2) is 0 Å². The zero-order valence-corrected chi connectivity index (χ0v) is 10.9. The molecule has 0 N–H and O–H groups in total. The SMILES string of the molecule is C[C@H](Oc1ccccc1C#N)C(=O)N(CC#N)CC#N. The van der Waals surface area contributed by atoms with Crippen molar-refractivity contribution in [3.63, 3.8) is 0 Å². The summed E-state index contributed by atoms with van der Waals surface area (Å²) in [6.45, 7) is 1.15. The maximum Gasteiger partial charge on any atom is 0.265 e. The first-order chi connectivity index (χ1) is 9.63. The maximum absolute atomic E-state index is 12.0. The number of hydrogen-bond acceptors (Lipinski definition) is 5. The topological polar surface area (TPSA) is 101 Å². The summed E-state index contributed by atoms with van der Waals surface area (Å²) in [6, 6.07) is 12.1. The highest BCUT2D eigenvalue weighted by molar-refractivity contribution is 5.81. The molecule has 0 radical (unpaired) electrons. The molecule has 0 heterocycles. The fraction of sp³-hybridized carbons (Fsp3) is 0.286. The van der Waals surface area contributed by atoms with Crippen LogP contribution in [-0.4, -0.2) is 30.0 Å². The van der Waals surface area contributed by atoms with E-state index in [9.17, 15) is 4.79 Å². The summed E-state index contributed by atoms with van der Waals surface area (Å²) in [6.07, 6.45) is -0.883. The maximum atomic E-state index is 12.0. The Bertz CT molecular complexity index is 591. The molecular weight excluding hydrogens is 256 g/mol. The fourth-order valence-corrected chi connectivity index (χ4v) is 1.54. The molecule has 0 saturated heterocycles. The molecule has 0 aromatic heterocycles. The van der Waals surface area contributed by atoms with Gasteiger partial charge in [0.05, 0.1) is 17.7 Å². The fourth-order valence-electron chi connectivity index (χ4n) is 1.54. The molecule has 1 aromatic carbocycles. The van der Waals surface area contributed by atoms with Gasteiger partial charge >= 0.3 is 0 Å². The van der Waals surface area contributed by atoms with Gasteiger partial charge in [0.2, 0.25) is 0 Å².